The van der Waals surface area contributed by atoms with Crippen molar-refractivity contribution in [3.8, 4) is 11.1 Å². The van der Waals surface area contributed by atoms with Crippen molar-refractivity contribution >= 4 is 62.5 Å². The van der Waals surface area contributed by atoms with Crippen molar-refractivity contribution in [2.75, 3.05) is 9.80 Å². The van der Waals surface area contributed by atoms with E-state index in [9.17, 15) is 0 Å². The van der Waals surface area contributed by atoms with Gasteiger partial charge in [0.2, 0.25) is 6.71 Å². The number of anilines is 5. The van der Waals surface area contributed by atoms with Gasteiger partial charge in [-0.2, -0.15) is 0 Å². The lowest BCUT2D eigenvalue weighted by Crippen LogP contribution is -2.56. The number of benzene rings is 7. The van der Waals surface area contributed by atoms with Crippen LogP contribution in [0, 0.1) is 6.92 Å². The first-order valence-corrected chi connectivity index (χ1v) is 29.3. The Morgan fingerprint density at radius 2 is 0.974 bits per heavy atom. The van der Waals surface area contributed by atoms with Crippen molar-refractivity contribution in [3.05, 3.63) is 176 Å². The van der Waals surface area contributed by atoms with Crippen LogP contribution in [0.1, 0.15) is 204 Å². The molecule has 0 spiro atoms. The molecule has 0 N–H and O–H groups in total. The summed E-state index contributed by atoms with van der Waals surface area (Å²) in [5, 5.41) is 2.58. The summed E-state index contributed by atoms with van der Waals surface area (Å²) in [6.45, 7) is 39.6. The second kappa shape index (κ2) is 16.1. The van der Waals surface area contributed by atoms with Crippen LogP contribution in [0.25, 0.3) is 27.6 Å². The minimum absolute atomic E-state index is 0.0178. The fraction of sp³-hybridized carbons (Fsp3) is 0.425. The normalized spacial score (nSPS) is 20.7. The number of nitrogens with zero attached hydrogens (tertiary/aromatic N) is 2. The summed E-state index contributed by atoms with van der Waals surface area (Å²) >= 11 is 0. The van der Waals surface area contributed by atoms with E-state index in [1.807, 2.05) is 0 Å². The van der Waals surface area contributed by atoms with E-state index in [0.717, 1.165) is 19.3 Å². The SMILES string of the molecule is Cc1cc2c3c(c1)N(c1cc4c(cc1-c1cccc5ccccc15)C(C)(C)CCC4(C)C)c1ccc(C(C)(C)C)cc1B3C1=C(c3cc4c(cc3CC1)C(C)(C)CCC4(C)C)N2c1ccc2c(c1)C(C)(C)CCC2(C)C. The Hall–Kier alpha value is -5.80. The van der Waals surface area contributed by atoms with Gasteiger partial charge in [-0.15, -0.1) is 0 Å². The van der Waals surface area contributed by atoms with Gasteiger partial charge < -0.3 is 9.80 Å². The highest BCUT2D eigenvalue weighted by Gasteiger charge is 2.49. The van der Waals surface area contributed by atoms with Gasteiger partial charge in [0, 0.05) is 39.6 Å². The van der Waals surface area contributed by atoms with Gasteiger partial charge in [-0.25, -0.2) is 0 Å². The molecule has 2 nitrogen and oxygen atoms in total. The molecular formula is C73H83BN2. The van der Waals surface area contributed by atoms with Gasteiger partial charge in [0.25, 0.3) is 0 Å². The summed E-state index contributed by atoms with van der Waals surface area (Å²) in [7, 11) is 0. The van der Waals surface area contributed by atoms with Gasteiger partial charge in [-0.1, -0.05) is 176 Å². The van der Waals surface area contributed by atoms with Crippen LogP contribution in [0.15, 0.2) is 121 Å². The topological polar surface area (TPSA) is 6.48 Å². The average molecular weight is 999 g/mol. The Balaban J connectivity index is 1.17. The number of aryl methyl sites for hydroxylation is 2. The molecule has 6 aliphatic rings. The number of rotatable bonds is 3. The van der Waals surface area contributed by atoms with Gasteiger partial charge in [0.15, 0.2) is 0 Å². The number of hydrogen-bond acceptors (Lipinski definition) is 2. The number of fused-ring (bicyclic) bond motifs is 9. The van der Waals surface area contributed by atoms with Crippen molar-refractivity contribution in [2.24, 2.45) is 0 Å². The summed E-state index contributed by atoms with van der Waals surface area (Å²) in [5.74, 6) is 0. The molecule has 13 rings (SSSR count). The second-order valence-electron chi connectivity index (χ2n) is 29.7. The molecule has 76 heavy (non-hydrogen) atoms. The molecule has 7 aromatic rings. The van der Waals surface area contributed by atoms with Crippen molar-refractivity contribution in [1.82, 2.24) is 0 Å². The molecule has 0 unspecified atom stereocenters. The molecule has 2 aliphatic heterocycles. The van der Waals surface area contributed by atoms with E-state index in [-0.39, 0.29) is 44.6 Å². The molecule has 0 bridgehead atoms. The van der Waals surface area contributed by atoms with Gasteiger partial charge in [0.05, 0.1) is 5.69 Å². The second-order valence-corrected chi connectivity index (χ2v) is 29.7. The first-order valence-electron chi connectivity index (χ1n) is 29.3. The minimum Gasteiger partial charge on any atom is -0.311 e. The summed E-state index contributed by atoms with van der Waals surface area (Å²) < 4.78 is 0. The van der Waals surface area contributed by atoms with E-state index in [2.05, 4.69) is 236 Å². The van der Waals surface area contributed by atoms with Gasteiger partial charge in [-0.05, 0) is 222 Å². The van der Waals surface area contributed by atoms with Gasteiger partial charge in [0.1, 0.15) is 0 Å². The monoisotopic (exact) mass is 999 g/mol. The first-order chi connectivity index (χ1) is 35.7. The van der Waals surface area contributed by atoms with Crippen LogP contribution < -0.4 is 20.7 Å². The molecular weight excluding hydrogens is 916 g/mol. The van der Waals surface area contributed by atoms with E-state index < -0.39 is 0 Å². The van der Waals surface area contributed by atoms with Crippen LogP contribution in [0.4, 0.5) is 28.4 Å². The van der Waals surface area contributed by atoms with Crippen LogP contribution in [0.5, 0.6) is 0 Å². The first kappa shape index (κ1) is 49.8. The molecule has 4 aliphatic carbocycles. The average Bonchev–Trinajstić information content (AvgIpc) is 3.49. The zero-order valence-corrected chi connectivity index (χ0v) is 49.1. The zero-order valence-electron chi connectivity index (χ0n) is 49.1. The van der Waals surface area contributed by atoms with Crippen LogP contribution in [-0.2, 0) is 44.3 Å². The maximum Gasteiger partial charge on any atom is 0.247 e. The van der Waals surface area contributed by atoms with E-state index >= 15 is 0 Å². The van der Waals surface area contributed by atoms with Gasteiger partial charge >= 0.3 is 0 Å². The highest BCUT2D eigenvalue weighted by atomic mass is 15.2. The lowest BCUT2D eigenvalue weighted by molar-refractivity contribution is 0.331. The smallest absolute Gasteiger partial charge is 0.247 e. The molecule has 388 valence electrons. The Labute approximate surface area is 457 Å². The third-order valence-corrected chi connectivity index (χ3v) is 20.8. The van der Waals surface area contributed by atoms with Crippen LogP contribution >= 0.6 is 0 Å². The fourth-order valence-electron chi connectivity index (χ4n) is 15.5. The molecule has 0 atom stereocenters. The lowest BCUT2D eigenvalue weighted by atomic mass is 9.31. The van der Waals surface area contributed by atoms with E-state index in [1.165, 1.54) is 144 Å². The summed E-state index contributed by atoms with van der Waals surface area (Å²) in [6.07, 6.45) is 9.19. The zero-order chi connectivity index (χ0) is 53.6. The number of allylic oxidation sites excluding steroid dienone is 1. The lowest BCUT2D eigenvalue weighted by Gasteiger charge is -2.49. The Bertz CT molecular complexity index is 3670. The maximum absolute atomic E-state index is 2.81. The third-order valence-electron chi connectivity index (χ3n) is 20.8. The van der Waals surface area contributed by atoms with Crippen LogP contribution in [0.2, 0.25) is 0 Å². The Morgan fingerprint density at radius 1 is 0.434 bits per heavy atom. The van der Waals surface area contributed by atoms with Crippen LogP contribution in [-0.4, -0.2) is 6.71 Å². The summed E-state index contributed by atoms with van der Waals surface area (Å²) in [4.78, 5) is 5.57. The van der Waals surface area contributed by atoms with Crippen LogP contribution in [0.3, 0.4) is 0 Å². The predicted molar refractivity (Wildman–Crippen MR) is 329 cm³/mol. The fourth-order valence-corrected chi connectivity index (χ4v) is 15.5. The largest absolute Gasteiger partial charge is 0.311 e. The summed E-state index contributed by atoms with van der Waals surface area (Å²) in [5.41, 5.74) is 30.2. The van der Waals surface area contributed by atoms with Crippen molar-refractivity contribution in [1.29, 1.82) is 0 Å². The third kappa shape index (κ3) is 7.32. The van der Waals surface area contributed by atoms with Crippen molar-refractivity contribution in [3.63, 3.8) is 0 Å². The Kier molecular flexibility index (Phi) is 10.6. The molecule has 3 heteroatoms. The maximum atomic E-state index is 2.81. The molecule has 2 heterocycles. The molecule has 0 saturated carbocycles. The quantitative estimate of drug-likeness (QED) is 0.163. The molecule has 0 amide bonds. The number of hydrogen-bond donors (Lipinski definition) is 0. The highest BCUT2D eigenvalue weighted by Crippen LogP contribution is 2.57. The molecule has 0 aromatic heterocycles. The van der Waals surface area contributed by atoms with Crippen molar-refractivity contribution < 1.29 is 0 Å². The molecule has 7 aromatic carbocycles. The van der Waals surface area contributed by atoms with E-state index in [1.54, 1.807) is 16.6 Å². The Morgan fingerprint density at radius 3 is 1.61 bits per heavy atom. The van der Waals surface area contributed by atoms with E-state index in [0.29, 0.717) is 0 Å². The summed E-state index contributed by atoms with van der Waals surface area (Å²) in [6, 6.07) is 47.2. The standard InChI is InChI=1S/C73H83BN2/c1-44-36-63-65-64(37-44)76(62-43-58-57(72(13,14)34-35-73(58,15)16)42-52(62)50-23-19-21-45-20-17-18-22-49(45)50)61-29-25-47(67(2,3)4)39-60(61)74(65)59-28-24-46-38-54-56(71(11,12)33-32-69(54,7)8)41-51(46)66(59)75(63)48-26-27-53-55(40-48)70(9,10)31-30-68(53,5)6/h17-23,25-27,29,36-43H,24,28,30-35H2,1-16H3. The predicted octanol–water partition coefficient (Wildman–Crippen LogP) is 18.6. The van der Waals surface area contributed by atoms with Crippen molar-refractivity contribution in [2.45, 2.75) is 200 Å². The molecule has 0 radical (unpaired) electrons. The molecule has 0 saturated heterocycles. The highest BCUT2D eigenvalue weighted by molar-refractivity contribution is 6.96. The van der Waals surface area contributed by atoms with E-state index in [4.69, 9.17) is 0 Å². The minimum atomic E-state index is -0.0377. The van der Waals surface area contributed by atoms with Gasteiger partial charge in [-0.3, -0.25) is 0 Å². The molecule has 0 fully saturated rings.